The standard InChI is InChI=1S/C24H41N2O2/c1-5-6-16-25(17-27)26(4)21-10-9-18-19-8-7-13-23(19,2)14-11-20(18)24(21,3)15-12-22(26)28/h17-21H,5-16H2,1-4H3/q+1/t18-,19-,20-,21+,23-,24+,26?/m0/s1. The van der Waals surface area contributed by atoms with E-state index in [1.807, 2.05) is 5.01 Å². The number of rotatable bonds is 5. The quantitative estimate of drug-likeness (QED) is 0.494. The maximum atomic E-state index is 13.2. The maximum absolute atomic E-state index is 13.2. The van der Waals surface area contributed by atoms with Gasteiger partial charge in [-0.25, -0.2) is 4.79 Å². The number of carbonyl (C=O) groups is 2. The second-order valence-corrected chi connectivity index (χ2v) is 11.1. The molecule has 4 aliphatic rings. The van der Waals surface area contributed by atoms with Gasteiger partial charge in [0.1, 0.15) is 6.04 Å². The summed E-state index contributed by atoms with van der Waals surface area (Å²) in [5.41, 5.74) is 0.756. The molecule has 0 N–H and O–H groups in total. The van der Waals surface area contributed by atoms with E-state index in [9.17, 15) is 9.59 Å². The Morgan fingerprint density at radius 3 is 2.61 bits per heavy atom. The molecule has 158 valence electrons. The van der Waals surface area contributed by atoms with Crippen LogP contribution in [0.3, 0.4) is 0 Å². The van der Waals surface area contributed by atoms with Crippen molar-refractivity contribution in [1.82, 2.24) is 5.01 Å². The van der Waals surface area contributed by atoms with Gasteiger partial charge in [-0.15, -0.1) is 0 Å². The number of hydrogen-bond donors (Lipinski definition) is 0. The molecule has 4 heteroatoms. The number of nitrogens with zero attached hydrogens (tertiary/aromatic N) is 2. The average Bonchev–Trinajstić information content (AvgIpc) is 3.07. The molecule has 0 spiro atoms. The van der Waals surface area contributed by atoms with Crippen LogP contribution in [0.1, 0.15) is 91.4 Å². The molecule has 1 aliphatic heterocycles. The molecule has 0 radical (unpaired) electrons. The highest BCUT2D eigenvalue weighted by Crippen LogP contribution is 2.65. The normalized spacial score (nSPS) is 47.8. The van der Waals surface area contributed by atoms with Crippen molar-refractivity contribution in [1.29, 1.82) is 0 Å². The highest BCUT2D eigenvalue weighted by Gasteiger charge is 2.65. The van der Waals surface area contributed by atoms with Crippen LogP contribution in [-0.4, -0.2) is 41.6 Å². The fourth-order valence-corrected chi connectivity index (χ4v) is 8.38. The number of piperidine rings is 1. The number of amides is 2. The summed E-state index contributed by atoms with van der Waals surface area (Å²) in [7, 11) is 2.05. The summed E-state index contributed by atoms with van der Waals surface area (Å²) >= 11 is 0. The Balaban J connectivity index is 1.66. The monoisotopic (exact) mass is 389 g/mol. The summed E-state index contributed by atoms with van der Waals surface area (Å²) in [5.74, 6) is 2.71. The van der Waals surface area contributed by atoms with Gasteiger partial charge in [-0.2, -0.15) is 9.60 Å². The topological polar surface area (TPSA) is 37.4 Å². The van der Waals surface area contributed by atoms with Crippen LogP contribution in [0.25, 0.3) is 0 Å². The molecule has 0 bridgehead atoms. The van der Waals surface area contributed by atoms with Crippen molar-refractivity contribution in [2.75, 3.05) is 13.6 Å². The van der Waals surface area contributed by atoms with Crippen LogP contribution < -0.4 is 0 Å². The molecule has 0 aromatic heterocycles. The van der Waals surface area contributed by atoms with Crippen molar-refractivity contribution >= 4 is 12.3 Å². The van der Waals surface area contributed by atoms with E-state index in [4.69, 9.17) is 0 Å². The van der Waals surface area contributed by atoms with Gasteiger partial charge in [0.05, 0.1) is 20.0 Å². The molecule has 28 heavy (non-hydrogen) atoms. The van der Waals surface area contributed by atoms with Gasteiger partial charge in [0.15, 0.2) is 0 Å². The summed E-state index contributed by atoms with van der Waals surface area (Å²) in [6, 6.07) is 0.266. The van der Waals surface area contributed by atoms with Gasteiger partial charge in [-0.05, 0) is 68.1 Å². The van der Waals surface area contributed by atoms with Gasteiger partial charge < -0.3 is 0 Å². The first-order valence-corrected chi connectivity index (χ1v) is 11.9. The zero-order chi connectivity index (χ0) is 20.2. The summed E-state index contributed by atoms with van der Waals surface area (Å²) in [6.07, 6.45) is 13.9. The predicted molar refractivity (Wildman–Crippen MR) is 111 cm³/mol. The SMILES string of the molecule is CCCCN(C=O)[N+]1(C)C(=O)CC[C@@]2(C)[C@H]1CC[C@H]1[C@@H]3CCC[C@@]3(C)CC[C@@H]12. The van der Waals surface area contributed by atoms with Crippen molar-refractivity contribution in [3.8, 4) is 0 Å². The smallest absolute Gasteiger partial charge is 0.273 e. The zero-order valence-corrected chi connectivity index (χ0v) is 18.6. The molecule has 3 saturated carbocycles. The van der Waals surface area contributed by atoms with Gasteiger partial charge in [-0.3, -0.25) is 4.79 Å². The lowest BCUT2D eigenvalue weighted by atomic mass is 9.47. The maximum Gasteiger partial charge on any atom is 0.338 e. The van der Waals surface area contributed by atoms with Crippen LogP contribution in [0.4, 0.5) is 0 Å². The van der Waals surface area contributed by atoms with Crippen molar-refractivity contribution in [2.24, 2.45) is 28.6 Å². The van der Waals surface area contributed by atoms with Crippen molar-refractivity contribution < 1.29 is 14.2 Å². The van der Waals surface area contributed by atoms with E-state index in [1.54, 1.807) is 0 Å². The lowest BCUT2D eigenvalue weighted by molar-refractivity contribution is -0.972. The molecule has 1 unspecified atom stereocenters. The lowest BCUT2D eigenvalue weighted by Crippen LogP contribution is -2.74. The number of quaternary nitrogens is 1. The third kappa shape index (κ3) is 2.73. The first-order valence-electron chi connectivity index (χ1n) is 11.9. The molecule has 1 heterocycles. The van der Waals surface area contributed by atoms with Crippen molar-refractivity contribution in [3.05, 3.63) is 0 Å². The molecule has 4 nitrogen and oxygen atoms in total. The number of hydrogen-bond acceptors (Lipinski definition) is 2. The molecule has 3 aliphatic carbocycles. The zero-order valence-electron chi connectivity index (χ0n) is 18.6. The Hall–Kier alpha value is -0.900. The van der Waals surface area contributed by atoms with E-state index in [1.165, 1.54) is 38.5 Å². The Labute approximate surface area is 171 Å². The number of likely N-dealkylation sites (tertiary alicyclic amines) is 1. The van der Waals surface area contributed by atoms with Gasteiger partial charge in [-0.1, -0.05) is 33.6 Å². The molecule has 1 saturated heterocycles. The van der Waals surface area contributed by atoms with Crippen molar-refractivity contribution in [2.45, 2.75) is 97.4 Å². The van der Waals surface area contributed by atoms with Crippen LogP contribution in [0, 0.1) is 28.6 Å². The van der Waals surface area contributed by atoms with Gasteiger partial charge in [0.2, 0.25) is 0 Å². The van der Waals surface area contributed by atoms with E-state index in [2.05, 4.69) is 27.8 Å². The van der Waals surface area contributed by atoms with E-state index in [-0.39, 0.29) is 22.0 Å². The van der Waals surface area contributed by atoms with Gasteiger partial charge in [0, 0.05) is 11.8 Å². The van der Waals surface area contributed by atoms with E-state index in [0.29, 0.717) is 18.4 Å². The molecule has 0 aromatic carbocycles. The van der Waals surface area contributed by atoms with E-state index < -0.39 is 0 Å². The molecular formula is C24H41N2O2+. The fourth-order valence-electron chi connectivity index (χ4n) is 8.38. The van der Waals surface area contributed by atoms with Gasteiger partial charge >= 0.3 is 5.91 Å². The Bertz CT molecular complexity index is 636. The minimum Gasteiger partial charge on any atom is -0.273 e. The van der Waals surface area contributed by atoms with Crippen LogP contribution in [0.15, 0.2) is 0 Å². The van der Waals surface area contributed by atoms with E-state index >= 15 is 0 Å². The highest BCUT2D eigenvalue weighted by molar-refractivity contribution is 5.71. The highest BCUT2D eigenvalue weighted by atomic mass is 16.2. The molecule has 4 rings (SSSR count). The molecule has 7 atom stereocenters. The van der Waals surface area contributed by atoms with Crippen LogP contribution in [0.2, 0.25) is 0 Å². The number of carbonyl (C=O) groups excluding carboxylic acids is 2. The molecule has 2 amide bonds. The first kappa shape index (κ1) is 20.4. The first-order chi connectivity index (χ1) is 13.3. The Kier molecular flexibility index (Phi) is 5.17. The average molecular weight is 390 g/mol. The summed E-state index contributed by atoms with van der Waals surface area (Å²) in [6.45, 7) is 7.89. The molecular weight excluding hydrogens is 348 g/mol. The van der Waals surface area contributed by atoms with Crippen LogP contribution >= 0.6 is 0 Å². The van der Waals surface area contributed by atoms with Crippen LogP contribution in [0.5, 0.6) is 0 Å². The fraction of sp³-hybridized carbons (Fsp3) is 0.917. The third-order valence-corrected chi connectivity index (χ3v) is 9.99. The lowest BCUT2D eigenvalue weighted by Gasteiger charge is -2.63. The summed E-state index contributed by atoms with van der Waals surface area (Å²) in [5, 5.41) is 1.84. The molecule has 4 fully saturated rings. The minimum absolute atomic E-state index is 0.184. The predicted octanol–water partition coefficient (Wildman–Crippen LogP) is 4.93. The number of unbranched alkanes of at least 4 members (excludes halogenated alkanes) is 1. The Morgan fingerprint density at radius 1 is 1.11 bits per heavy atom. The van der Waals surface area contributed by atoms with Crippen molar-refractivity contribution in [3.63, 3.8) is 0 Å². The summed E-state index contributed by atoms with van der Waals surface area (Å²) in [4.78, 5) is 25.3. The third-order valence-electron chi connectivity index (χ3n) is 9.99. The molecule has 0 aromatic rings. The Morgan fingerprint density at radius 2 is 1.89 bits per heavy atom. The minimum atomic E-state index is 0.184. The largest absolute Gasteiger partial charge is 0.338 e. The summed E-state index contributed by atoms with van der Waals surface area (Å²) < 4.78 is 0.241. The second kappa shape index (κ2) is 7.11. The van der Waals surface area contributed by atoms with E-state index in [0.717, 1.165) is 49.8 Å². The second-order valence-electron chi connectivity index (χ2n) is 11.1. The van der Waals surface area contributed by atoms with Gasteiger partial charge in [0.25, 0.3) is 6.41 Å². The van der Waals surface area contributed by atoms with Crippen LogP contribution in [-0.2, 0) is 9.59 Å². The number of fused-ring (bicyclic) bond motifs is 5.